The molecule has 9 heteroatoms. The summed E-state index contributed by atoms with van der Waals surface area (Å²) in [6.07, 6.45) is 8.30. The predicted molar refractivity (Wildman–Crippen MR) is 144 cm³/mol. The fourth-order valence-corrected chi connectivity index (χ4v) is 6.62. The highest BCUT2D eigenvalue weighted by molar-refractivity contribution is 7.11. The Balaban J connectivity index is 1.28. The van der Waals surface area contributed by atoms with E-state index in [1.807, 2.05) is 35.1 Å². The zero-order valence-corrected chi connectivity index (χ0v) is 22.7. The van der Waals surface area contributed by atoms with Crippen molar-refractivity contribution in [3.63, 3.8) is 0 Å². The van der Waals surface area contributed by atoms with Crippen LogP contribution in [0.1, 0.15) is 52.7 Å². The van der Waals surface area contributed by atoms with Crippen LogP contribution < -0.4 is 5.32 Å². The summed E-state index contributed by atoms with van der Waals surface area (Å²) in [5.41, 5.74) is 2.40. The van der Waals surface area contributed by atoms with E-state index in [-0.39, 0.29) is 11.9 Å². The third-order valence-electron chi connectivity index (χ3n) is 7.53. The lowest BCUT2D eigenvalue weighted by atomic mass is 9.84. The van der Waals surface area contributed by atoms with Crippen LogP contribution in [-0.4, -0.2) is 56.7 Å². The van der Waals surface area contributed by atoms with Crippen LogP contribution in [0.25, 0.3) is 0 Å². The summed E-state index contributed by atoms with van der Waals surface area (Å²) >= 11 is 7.96. The van der Waals surface area contributed by atoms with Gasteiger partial charge in [-0.15, -0.1) is 11.3 Å². The van der Waals surface area contributed by atoms with E-state index in [2.05, 4.69) is 41.2 Å². The number of nitrogens with zero attached hydrogens (tertiary/aromatic N) is 4. The summed E-state index contributed by atoms with van der Waals surface area (Å²) in [5, 5.41) is 4.95. The second kappa shape index (κ2) is 11.0. The van der Waals surface area contributed by atoms with Gasteiger partial charge in [0.05, 0.1) is 23.6 Å². The molecule has 2 aliphatic rings. The van der Waals surface area contributed by atoms with E-state index >= 15 is 0 Å². The lowest BCUT2D eigenvalue weighted by Crippen LogP contribution is -2.57. The topological polar surface area (TPSA) is 72.3 Å². The summed E-state index contributed by atoms with van der Waals surface area (Å²) in [6.45, 7) is 5.37. The molecule has 1 N–H and O–H groups in total. The van der Waals surface area contributed by atoms with Gasteiger partial charge in [0.15, 0.2) is 5.82 Å². The Kier molecular flexibility index (Phi) is 7.76. The smallest absolute Gasteiger partial charge is 0.256 e. The molecule has 5 rings (SSSR count). The Morgan fingerprint density at radius 3 is 2.58 bits per heavy atom. The maximum atomic E-state index is 13.0. The highest BCUT2D eigenvalue weighted by atomic mass is 35.5. The molecule has 0 bridgehead atoms. The lowest BCUT2D eigenvalue weighted by Gasteiger charge is -2.45. The van der Waals surface area contributed by atoms with Crippen molar-refractivity contribution in [1.29, 1.82) is 0 Å². The van der Waals surface area contributed by atoms with Crippen LogP contribution >= 0.6 is 22.9 Å². The standard InChI is InChI=1S/C27H34ClN5O2S/c1-17-18(2)36-27(30-17)20-6-10-22(11-7-20)33-13-24(26(34)31-25-14-32(3)16-29-25)35-15-23(33)12-19-4-8-21(28)9-5-19/h4-5,8-9,14,16,20,22-24H,6-7,10-13,15H2,1-3H3,(H,31,34). The maximum absolute atomic E-state index is 13.0. The minimum absolute atomic E-state index is 0.133. The van der Waals surface area contributed by atoms with E-state index in [9.17, 15) is 4.79 Å². The summed E-state index contributed by atoms with van der Waals surface area (Å²) in [6, 6.07) is 8.70. The molecule has 3 heterocycles. The van der Waals surface area contributed by atoms with E-state index in [0.717, 1.165) is 42.8 Å². The number of aromatic nitrogens is 3. The molecule has 1 aromatic carbocycles. The van der Waals surface area contributed by atoms with Gasteiger partial charge in [0.1, 0.15) is 6.10 Å². The molecule has 2 fully saturated rings. The minimum Gasteiger partial charge on any atom is -0.365 e. The second-order valence-corrected chi connectivity index (χ2v) is 11.8. The number of hydrogen-bond acceptors (Lipinski definition) is 6. The summed E-state index contributed by atoms with van der Waals surface area (Å²) in [4.78, 5) is 26.0. The second-order valence-electron chi connectivity index (χ2n) is 10.1. The van der Waals surface area contributed by atoms with Gasteiger partial charge in [-0.1, -0.05) is 23.7 Å². The third kappa shape index (κ3) is 5.83. The first kappa shape index (κ1) is 25.4. The number of halogens is 1. The Labute approximate surface area is 221 Å². The Morgan fingerprint density at radius 1 is 1.19 bits per heavy atom. The number of carbonyl (C=O) groups is 1. The van der Waals surface area contributed by atoms with Crippen molar-refractivity contribution in [2.75, 3.05) is 18.5 Å². The molecule has 1 aliphatic carbocycles. The average molecular weight is 528 g/mol. The molecule has 7 nitrogen and oxygen atoms in total. The molecule has 1 saturated heterocycles. The maximum Gasteiger partial charge on any atom is 0.256 e. The average Bonchev–Trinajstić information content (AvgIpc) is 3.44. The molecule has 0 spiro atoms. The minimum atomic E-state index is -0.518. The molecule has 1 amide bonds. The number of nitrogens with one attached hydrogen (secondary N) is 1. The first-order valence-electron chi connectivity index (χ1n) is 12.7. The monoisotopic (exact) mass is 527 g/mol. The number of anilines is 1. The Bertz CT molecular complexity index is 1170. The number of hydrogen-bond donors (Lipinski definition) is 1. The summed E-state index contributed by atoms with van der Waals surface area (Å²) in [5.74, 6) is 0.958. The first-order chi connectivity index (χ1) is 17.4. The van der Waals surface area contributed by atoms with Crippen molar-refractivity contribution in [2.24, 2.45) is 7.05 Å². The van der Waals surface area contributed by atoms with E-state index in [1.165, 1.54) is 15.4 Å². The predicted octanol–water partition coefficient (Wildman–Crippen LogP) is 5.12. The van der Waals surface area contributed by atoms with Crippen LogP contribution in [0, 0.1) is 13.8 Å². The van der Waals surface area contributed by atoms with Gasteiger partial charge in [-0.25, -0.2) is 9.97 Å². The number of imidazole rings is 1. The molecular formula is C27H34ClN5O2S. The van der Waals surface area contributed by atoms with Crippen LogP contribution in [-0.2, 0) is 23.0 Å². The van der Waals surface area contributed by atoms with E-state index < -0.39 is 6.10 Å². The fraction of sp³-hybridized carbons (Fsp3) is 0.519. The summed E-state index contributed by atoms with van der Waals surface area (Å²) < 4.78 is 7.95. The molecule has 2 atom stereocenters. The largest absolute Gasteiger partial charge is 0.365 e. The normalized spacial score (nSPS) is 25.1. The van der Waals surface area contributed by atoms with Gasteiger partial charge in [-0.3, -0.25) is 9.69 Å². The fourth-order valence-electron chi connectivity index (χ4n) is 5.40. The number of carbonyl (C=O) groups excluding carboxylic acids is 1. The highest BCUT2D eigenvalue weighted by Crippen LogP contribution is 2.38. The van der Waals surface area contributed by atoms with Crippen LogP contribution in [0.2, 0.25) is 5.02 Å². The van der Waals surface area contributed by atoms with Crippen LogP contribution in [0.15, 0.2) is 36.8 Å². The van der Waals surface area contributed by atoms with Crippen molar-refractivity contribution < 1.29 is 9.53 Å². The van der Waals surface area contributed by atoms with Crippen LogP contribution in [0.5, 0.6) is 0 Å². The van der Waals surface area contributed by atoms with Crippen LogP contribution in [0.4, 0.5) is 5.82 Å². The molecule has 3 aromatic rings. The Hall–Kier alpha value is -2.26. The van der Waals surface area contributed by atoms with E-state index in [4.69, 9.17) is 21.3 Å². The number of morpholine rings is 1. The van der Waals surface area contributed by atoms with Crippen molar-refractivity contribution >= 4 is 34.7 Å². The zero-order chi connectivity index (χ0) is 25.2. The lowest BCUT2D eigenvalue weighted by molar-refractivity contribution is -0.140. The number of ether oxygens (including phenoxy) is 1. The molecule has 2 aromatic heterocycles. The molecule has 36 heavy (non-hydrogen) atoms. The van der Waals surface area contributed by atoms with Gasteiger partial charge < -0.3 is 14.6 Å². The van der Waals surface area contributed by atoms with Crippen molar-refractivity contribution in [3.05, 3.63) is 63.0 Å². The van der Waals surface area contributed by atoms with Crippen molar-refractivity contribution in [3.8, 4) is 0 Å². The van der Waals surface area contributed by atoms with Crippen molar-refractivity contribution in [2.45, 2.75) is 70.1 Å². The number of amides is 1. The highest BCUT2D eigenvalue weighted by Gasteiger charge is 2.38. The van der Waals surface area contributed by atoms with E-state index in [1.54, 1.807) is 12.5 Å². The van der Waals surface area contributed by atoms with Gasteiger partial charge in [-0.2, -0.15) is 0 Å². The Morgan fingerprint density at radius 2 is 1.94 bits per heavy atom. The molecule has 1 saturated carbocycles. The third-order valence-corrected chi connectivity index (χ3v) is 9.02. The SMILES string of the molecule is Cc1nc(C2CCC(N3CC(C(=O)Nc4cn(C)cn4)OCC3Cc3ccc(Cl)cc3)CC2)sc1C. The van der Waals surface area contributed by atoms with Gasteiger partial charge in [-0.05, 0) is 63.6 Å². The molecular weight excluding hydrogens is 494 g/mol. The first-order valence-corrected chi connectivity index (χ1v) is 13.9. The van der Waals surface area contributed by atoms with Crippen LogP contribution in [0.3, 0.4) is 0 Å². The number of benzene rings is 1. The number of thiazole rings is 1. The zero-order valence-electron chi connectivity index (χ0n) is 21.1. The molecule has 1 aliphatic heterocycles. The molecule has 2 unspecified atom stereocenters. The molecule has 192 valence electrons. The van der Waals surface area contributed by atoms with Crippen molar-refractivity contribution in [1.82, 2.24) is 19.4 Å². The van der Waals surface area contributed by atoms with Gasteiger partial charge in [0.2, 0.25) is 0 Å². The van der Waals surface area contributed by atoms with Gasteiger partial charge in [0.25, 0.3) is 5.91 Å². The molecule has 0 radical (unpaired) electrons. The number of rotatable bonds is 6. The van der Waals surface area contributed by atoms with Gasteiger partial charge >= 0.3 is 0 Å². The van der Waals surface area contributed by atoms with Gasteiger partial charge in [0, 0.05) is 47.7 Å². The quantitative estimate of drug-likeness (QED) is 0.481. The number of aryl methyl sites for hydroxylation is 3. The summed E-state index contributed by atoms with van der Waals surface area (Å²) in [7, 11) is 1.88. The van der Waals surface area contributed by atoms with E-state index in [0.29, 0.717) is 30.9 Å².